The van der Waals surface area contributed by atoms with E-state index in [1.807, 2.05) is 51.7 Å². The SMILES string of the molecule is CC[C@H](C)[C@@H]([C@@H](CC(=O)N1CCCC1[C@H](OC)[C@@H](C)C(=O)NCCc1ccncc1)OC)N(C)C(=O)C(NC(=O)c1ccc(N)cc1)C(C)C. The molecule has 12 nitrogen and oxygen atoms in total. The van der Waals surface area contributed by atoms with E-state index < -0.39 is 30.2 Å². The largest absolute Gasteiger partial charge is 0.399 e. The van der Waals surface area contributed by atoms with Crippen LogP contribution in [-0.4, -0.2) is 103 Å². The van der Waals surface area contributed by atoms with Crippen LogP contribution in [0.1, 0.15) is 76.2 Å². The third-order valence-electron chi connectivity index (χ3n) is 10.1. The van der Waals surface area contributed by atoms with Crippen molar-refractivity contribution in [3.63, 3.8) is 0 Å². The van der Waals surface area contributed by atoms with Crippen molar-refractivity contribution in [3.05, 3.63) is 59.9 Å². The Bertz CT molecular complexity index is 1390. The van der Waals surface area contributed by atoms with Gasteiger partial charge in [0.2, 0.25) is 17.7 Å². The van der Waals surface area contributed by atoms with Crippen molar-refractivity contribution in [2.45, 2.75) is 97.1 Å². The number of anilines is 1. The Balaban J connectivity index is 1.72. The van der Waals surface area contributed by atoms with Gasteiger partial charge in [0.05, 0.1) is 36.6 Å². The van der Waals surface area contributed by atoms with Gasteiger partial charge in [-0.2, -0.15) is 0 Å². The van der Waals surface area contributed by atoms with E-state index in [0.29, 0.717) is 37.2 Å². The lowest BCUT2D eigenvalue weighted by molar-refractivity contribution is -0.146. The normalized spacial score (nSPS) is 18.1. The van der Waals surface area contributed by atoms with Gasteiger partial charge in [0.1, 0.15) is 6.04 Å². The molecule has 2 aromatic rings. The summed E-state index contributed by atoms with van der Waals surface area (Å²) in [6, 6.07) is 8.87. The standard InChI is InChI=1S/C38H58N6O6/c1-9-25(4)34(43(6)38(48)33(24(2)3)42-37(47)28-12-14-29(39)15-13-28)31(49-7)23-32(45)44-22-10-11-30(44)35(50-8)26(5)36(46)41-21-18-27-16-19-40-20-17-27/h12-17,19-20,24-26,30-31,33-35H,9-11,18,21-23,39H2,1-8H3,(H,41,46)(H,42,47)/t25-,26+,30?,31+,33?,34-,35+/m0/s1. The Hall–Kier alpha value is -4.03. The Morgan fingerprint density at radius 1 is 1.02 bits per heavy atom. The first kappa shape index (κ1) is 40.4. The number of nitrogens with two attached hydrogens (primary N) is 1. The molecular weight excluding hydrogens is 636 g/mol. The van der Waals surface area contributed by atoms with E-state index in [4.69, 9.17) is 15.2 Å². The van der Waals surface area contributed by atoms with Crippen LogP contribution in [0.5, 0.6) is 0 Å². The smallest absolute Gasteiger partial charge is 0.251 e. The minimum Gasteiger partial charge on any atom is -0.399 e. The molecule has 12 heteroatoms. The number of carbonyl (C=O) groups is 4. The molecule has 0 bridgehead atoms. The summed E-state index contributed by atoms with van der Waals surface area (Å²) in [5.74, 6) is -1.56. The fourth-order valence-electron chi connectivity index (χ4n) is 6.94. The Labute approximate surface area is 297 Å². The zero-order valence-electron chi connectivity index (χ0n) is 31.1. The highest BCUT2D eigenvalue weighted by Gasteiger charge is 2.42. The van der Waals surface area contributed by atoms with Gasteiger partial charge in [-0.05, 0) is 73.1 Å². The second-order valence-corrected chi connectivity index (χ2v) is 13.8. The number of hydrogen-bond donors (Lipinski definition) is 3. The molecule has 3 rings (SSSR count). The highest BCUT2D eigenvalue weighted by Crippen LogP contribution is 2.29. The molecule has 1 fully saturated rings. The number of pyridine rings is 1. The molecule has 1 saturated heterocycles. The number of ether oxygens (including phenoxy) is 2. The number of nitrogen functional groups attached to an aromatic ring is 1. The van der Waals surface area contributed by atoms with Crippen LogP contribution in [0.4, 0.5) is 5.69 Å². The average molecular weight is 695 g/mol. The summed E-state index contributed by atoms with van der Waals surface area (Å²) in [6.45, 7) is 10.7. The van der Waals surface area contributed by atoms with Crippen LogP contribution in [0.15, 0.2) is 48.8 Å². The maximum absolute atomic E-state index is 14.1. The first-order chi connectivity index (χ1) is 23.8. The minimum absolute atomic E-state index is 0.0146. The molecule has 0 radical (unpaired) electrons. The number of likely N-dealkylation sites (N-methyl/N-ethyl adjacent to an activating group) is 1. The molecule has 4 N–H and O–H groups in total. The van der Waals surface area contributed by atoms with Gasteiger partial charge >= 0.3 is 0 Å². The lowest BCUT2D eigenvalue weighted by Crippen LogP contribution is -2.57. The number of nitrogens with one attached hydrogen (secondary N) is 2. The topological polar surface area (TPSA) is 156 Å². The third kappa shape index (κ3) is 10.5. The second kappa shape index (κ2) is 19.4. The van der Waals surface area contributed by atoms with Gasteiger partial charge in [0.25, 0.3) is 5.91 Å². The van der Waals surface area contributed by atoms with E-state index in [9.17, 15) is 19.2 Å². The van der Waals surface area contributed by atoms with E-state index in [2.05, 4.69) is 15.6 Å². The van der Waals surface area contributed by atoms with Gasteiger partial charge in [0.15, 0.2) is 0 Å². The molecule has 50 heavy (non-hydrogen) atoms. The van der Waals surface area contributed by atoms with Crippen LogP contribution in [0, 0.1) is 17.8 Å². The molecule has 2 heterocycles. The lowest BCUT2D eigenvalue weighted by atomic mass is 9.89. The molecule has 1 aliphatic rings. The molecule has 0 saturated carbocycles. The monoisotopic (exact) mass is 694 g/mol. The number of hydrogen-bond acceptors (Lipinski definition) is 8. The number of methoxy groups -OCH3 is 2. The van der Waals surface area contributed by atoms with E-state index in [1.54, 1.807) is 62.8 Å². The highest BCUT2D eigenvalue weighted by atomic mass is 16.5. The molecule has 2 unspecified atom stereocenters. The maximum atomic E-state index is 14.1. The number of likely N-dealkylation sites (tertiary alicyclic amines) is 1. The Morgan fingerprint density at radius 2 is 1.68 bits per heavy atom. The predicted octanol–water partition coefficient (Wildman–Crippen LogP) is 3.70. The van der Waals surface area contributed by atoms with Crippen molar-refractivity contribution in [3.8, 4) is 0 Å². The quantitative estimate of drug-likeness (QED) is 0.200. The van der Waals surface area contributed by atoms with Gasteiger partial charge in [-0.15, -0.1) is 0 Å². The van der Waals surface area contributed by atoms with Crippen molar-refractivity contribution in [2.75, 3.05) is 40.1 Å². The van der Waals surface area contributed by atoms with Crippen LogP contribution in [0.25, 0.3) is 0 Å². The Kier molecular flexibility index (Phi) is 15.7. The fourth-order valence-corrected chi connectivity index (χ4v) is 6.94. The second-order valence-electron chi connectivity index (χ2n) is 13.8. The fraction of sp³-hybridized carbons (Fsp3) is 0.605. The number of benzene rings is 1. The van der Waals surface area contributed by atoms with E-state index in [1.165, 1.54) is 0 Å². The molecule has 276 valence electrons. The lowest BCUT2D eigenvalue weighted by Gasteiger charge is -2.40. The summed E-state index contributed by atoms with van der Waals surface area (Å²) in [5.41, 5.74) is 7.82. The molecule has 1 aliphatic heterocycles. The molecule has 1 aromatic carbocycles. The van der Waals surface area contributed by atoms with Gasteiger partial charge in [-0.1, -0.05) is 41.0 Å². The summed E-state index contributed by atoms with van der Waals surface area (Å²) in [5, 5.41) is 5.94. The van der Waals surface area contributed by atoms with Crippen LogP contribution in [0.3, 0.4) is 0 Å². The highest BCUT2D eigenvalue weighted by molar-refractivity contribution is 5.98. The number of carbonyl (C=O) groups excluding carboxylic acids is 4. The van der Waals surface area contributed by atoms with Gasteiger partial charge in [0, 0.05) is 58.0 Å². The number of nitrogens with zero attached hydrogens (tertiary/aromatic N) is 3. The van der Waals surface area contributed by atoms with E-state index >= 15 is 0 Å². The summed E-state index contributed by atoms with van der Waals surface area (Å²) in [4.78, 5) is 62.0. The average Bonchev–Trinajstić information content (AvgIpc) is 3.60. The zero-order valence-corrected chi connectivity index (χ0v) is 31.1. The van der Waals surface area contributed by atoms with Crippen LogP contribution >= 0.6 is 0 Å². The van der Waals surface area contributed by atoms with Gasteiger partial charge < -0.3 is 35.6 Å². The van der Waals surface area contributed by atoms with Crippen LogP contribution < -0.4 is 16.4 Å². The minimum atomic E-state index is -0.799. The van der Waals surface area contributed by atoms with Crippen molar-refractivity contribution < 1.29 is 28.7 Å². The number of rotatable bonds is 18. The summed E-state index contributed by atoms with van der Waals surface area (Å²) in [6.07, 6.45) is 5.35. The van der Waals surface area contributed by atoms with Crippen molar-refractivity contribution in [2.24, 2.45) is 17.8 Å². The maximum Gasteiger partial charge on any atom is 0.251 e. The van der Waals surface area contributed by atoms with Crippen LogP contribution in [-0.2, 0) is 30.3 Å². The molecule has 7 atom stereocenters. The molecule has 0 spiro atoms. The zero-order chi connectivity index (χ0) is 37.0. The third-order valence-corrected chi connectivity index (χ3v) is 10.1. The van der Waals surface area contributed by atoms with Crippen molar-refractivity contribution in [1.29, 1.82) is 0 Å². The van der Waals surface area contributed by atoms with Gasteiger partial charge in [-0.25, -0.2) is 0 Å². The van der Waals surface area contributed by atoms with E-state index in [-0.39, 0.29) is 47.9 Å². The molecule has 4 amide bonds. The predicted molar refractivity (Wildman–Crippen MR) is 194 cm³/mol. The molecule has 1 aromatic heterocycles. The summed E-state index contributed by atoms with van der Waals surface area (Å²) >= 11 is 0. The first-order valence-corrected chi connectivity index (χ1v) is 17.8. The van der Waals surface area contributed by atoms with Crippen LogP contribution in [0.2, 0.25) is 0 Å². The van der Waals surface area contributed by atoms with Crippen molar-refractivity contribution >= 4 is 29.3 Å². The number of aromatic nitrogens is 1. The summed E-state index contributed by atoms with van der Waals surface area (Å²) in [7, 11) is 4.86. The summed E-state index contributed by atoms with van der Waals surface area (Å²) < 4.78 is 11.9. The van der Waals surface area contributed by atoms with Gasteiger partial charge in [-0.3, -0.25) is 24.2 Å². The van der Waals surface area contributed by atoms with Crippen molar-refractivity contribution in [1.82, 2.24) is 25.4 Å². The number of amides is 4. The molecule has 0 aliphatic carbocycles. The van der Waals surface area contributed by atoms with E-state index in [0.717, 1.165) is 18.4 Å². The Morgan fingerprint density at radius 3 is 2.26 bits per heavy atom. The molecular formula is C38H58N6O6. The first-order valence-electron chi connectivity index (χ1n) is 17.8.